The van der Waals surface area contributed by atoms with Crippen LogP contribution >= 0.6 is 22.9 Å². The Balaban J connectivity index is 2.35. The molecule has 1 aromatic heterocycles. The first kappa shape index (κ1) is 12.4. The van der Waals surface area contributed by atoms with Gasteiger partial charge in [-0.15, -0.1) is 11.3 Å². The summed E-state index contributed by atoms with van der Waals surface area (Å²) in [5, 5.41) is 4.45. The fourth-order valence-corrected chi connectivity index (χ4v) is 2.97. The Kier molecular flexibility index (Phi) is 3.69. The largest absolute Gasteiger partial charge is 0.349 e. The third kappa shape index (κ3) is 2.45. The van der Waals surface area contributed by atoms with E-state index in [-0.39, 0.29) is 11.9 Å². The van der Waals surface area contributed by atoms with Gasteiger partial charge in [-0.05, 0) is 19.4 Å². The maximum absolute atomic E-state index is 12.0. The van der Waals surface area contributed by atoms with Gasteiger partial charge in [0, 0.05) is 16.1 Å². The normalized spacial score (nSPS) is 12.6. The summed E-state index contributed by atoms with van der Waals surface area (Å²) in [6.45, 7) is 4.02. The number of fused-ring (bicyclic) bond motifs is 1. The van der Waals surface area contributed by atoms with E-state index in [0.717, 1.165) is 16.5 Å². The standard InChI is InChI=1S/C13H14ClNOS/c1-3-8(2)15-13(16)12-11(14)9-6-4-5-7-10(9)17-12/h4-8H,3H2,1-2H3,(H,15,16). The maximum atomic E-state index is 12.0. The Hall–Kier alpha value is -1.06. The summed E-state index contributed by atoms with van der Waals surface area (Å²) >= 11 is 7.67. The number of halogens is 1. The Morgan fingerprint density at radius 2 is 2.18 bits per heavy atom. The first-order valence-corrected chi connectivity index (χ1v) is 6.80. The summed E-state index contributed by atoms with van der Waals surface area (Å²) in [6, 6.07) is 7.96. The summed E-state index contributed by atoms with van der Waals surface area (Å²) in [7, 11) is 0. The molecule has 1 amide bonds. The molecule has 90 valence electrons. The van der Waals surface area contributed by atoms with Crippen molar-refractivity contribution in [3.63, 3.8) is 0 Å². The monoisotopic (exact) mass is 267 g/mol. The topological polar surface area (TPSA) is 29.1 Å². The van der Waals surface area contributed by atoms with Gasteiger partial charge in [0.25, 0.3) is 5.91 Å². The molecule has 0 fully saturated rings. The van der Waals surface area contributed by atoms with Crippen molar-refractivity contribution in [1.29, 1.82) is 0 Å². The minimum absolute atomic E-state index is 0.0782. The molecule has 0 aliphatic rings. The molecule has 1 aromatic carbocycles. The lowest BCUT2D eigenvalue weighted by atomic mass is 10.2. The van der Waals surface area contributed by atoms with E-state index in [0.29, 0.717) is 9.90 Å². The molecule has 17 heavy (non-hydrogen) atoms. The van der Waals surface area contributed by atoms with E-state index in [1.807, 2.05) is 38.1 Å². The van der Waals surface area contributed by atoms with Gasteiger partial charge >= 0.3 is 0 Å². The number of nitrogens with one attached hydrogen (secondary N) is 1. The van der Waals surface area contributed by atoms with Crippen LogP contribution in [0.3, 0.4) is 0 Å². The molecule has 2 rings (SSSR count). The van der Waals surface area contributed by atoms with Gasteiger partial charge in [-0.3, -0.25) is 4.79 Å². The van der Waals surface area contributed by atoms with Crippen LogP contribution in [0.4, 0.5) is 0 Å². The third-order valence-electron chi connectivity index (χ3n) is 2.73. The molecule has 0 aliphatic carbocycles. The van der Waals surface area contributed by atoms with Crippen LogP contribution in [0.1, 0.15) is 29.9 Å². The zero-order chi connectivity index (χ0) is 12.4. The maximum Gasteiger partial charge on any atom is 0.263 e. The van der Waals surface area contributed by atoms with Crippen molar-refractivity contribution in [3.05, 3.63) is 34.2 Å². The van der Waals surface area contributed by atoms with Crippen LogP contribution in [0.5, 0.6) is 0 Å². The number of hydrogen-bond donors (Lipinski definition) is 1. The van der Waals surface area contributed by atoms with Crippen LogP contribution in [0.25, 0.3) is 10.1 Å². The second kappa shape index (κ2) is 5.07. The van der Waals surface area contributed by atoms with Gasteiger partial charge in [-0.25, -0.2) is 0 Å². The van der Waals surface area contributed by atoms with Gasteiger partial charge in [0.2, 0.25) is 0 Å². The van der Waals surface area contributed by atoms with Crippen molar-refractivity contribution >= 4 is 38.9 Å². The van der Waals surface area contributed by atoms with E-state index in [1.165, 1.54) is 11.3 Å². The van der Waals surface area contributed by atoms with Crippen molar-refractivity contribution < 1.29 is 4.79 Å². The molecule has 2 nitrogen and oxygen atoms in total. The van der Waals surface area contributed by atoms with Crippen molar-refractivity contribution in [2.24, 2.45) is 0 Å². The molecule has 1 N–H and O–H groups in total. The second-order valence-corrected chi connectivity index (χ2v) is 5.45. The molecular weight excluding hydrogens is 254 g/mol. The van der Waals surface area contributed by atoms with E-state index in [4.69, 9.17) is 11.6 Å². The SMILES string of the molecule is CCC(C)NC(=O)c1sc2ccccc2c1Cl. The van der Waals surface area contributed by atoms with Crippen molar-refractivity contribution in [2.75, 3.05) is 0 Å². The zero-order valence-electron chi connectivity index (χ0n) is 9.79. The average Bonchev–Trinajstić information content (AvgIpc) is 2.67. The van der Waals surface area contributed by atoms with Crippen LogP contribution < -0.4 is 5.32 Å². The Bertz CT molecular complexity index is 549. The van der Waals surface area contributed by atoms with Crippen LogP contribution in [0, 0.1) is 0 Å². The molecule has 0 saturated heterocycles. The van der Waals surface area contributed by atoms with Crippen LogP contribution in [-0.4, -0.2) is 11.9 Å². The molecule has 0 bridgehead atoms. The number of thiophene rings is 1. The number of carbonyl (C=O) groups excluding carboxylic acids is 1. The molecule has 1 atom stereocenters. The molecule has 0 aliphatic heterocycles. The lowest BCUT2D eigenvalue weighted by molar-refractivity contribution is 0.0943. The minimum atomic E-state index is -0.0782. The van der Waals surface area contributed by atoms with Crippen LogP contribution in [0.2, 0.25) is 5.02 Å². The molecule has 2 aromatic rings. The summed E-state index contributed by atoms with van der Waals surface area (Å²) < 4.78 is 1.05. The predicted molar refractivity (Wildman–Crippen MR) is 74.1 cm³/mol. The predicted octanol–water partition coefficient (Wildman–Crippen LogP) is 4.08. The number of benzene rings is 1. The zero-order valence-corrected chi connectivity index (χ0v) is 11.4. The highest BCUT2D eigenvalue weighted by Gasteiger charge is 2.17. The number of amides is 1. The van der Waals surface area contributed by atoms with Gasteiger partial charge in [0.1, 0.15) is 4.88 Å². The lowest BCUT2D eigenvalue weighted by Gasteiger charge is -2.10. The Morgan fingerprint density at radius 1 is 1.47 bits per heavy atom. The molecular formula is C13H14ClNOS. The van der Waals surface area contributed by atoms with Gasteiger partial charge < -0.3 is 5.32 Å². The van der Waals surface area contributed by atoms with E-state index < -0.39 is 0 Å². The molecule has 0 spiro atoms. The second-order valence-electron chi connectivity index (χ2n) is 4.02. The molecule has 0 radical (unpaired) electrons. The number of rotatable bonds is 3. The van der Waals surface area contributed by atoms with Crippen molar-refractivity contribution in [2.45, 2.75) is 26.3 Å². The smallest absolute Gasteiger partial charge is 0.263 e. The first-order chi connectivity index (χ1) is 8.13. The number of hydrogen-bond acceptors (Lipinski definition) is 2. The molecule has 1 unspecified atom stereocenters. The van der Waals surface area contributed by atoms with Crippen LogP contribution in [0.15, 0.2) is 24.3 Å². The fraction of sp³-hybridized carbons (Fsp3) is 0.308. The first-order valence-electron chi connectivity index (χ1n) is 5.61. The van der Waals surface area contributed by atoms with E-state index in [2.05, 4.69) is 5.32 Å². The summed E-state index contributed by atoms with van der Waals surface area (Å²) in [4.78, 5) is 12.6. The average molecular weight is 268 g/mol. The van der Waals surface area contributed by atoms with Gasteiger partial charge in [-0.2, -0.15) is 0 Å². The molecule has 0 saturated carbocycles. The van der Waals surface area contributed by atoms with Gasteiger partial charge in [-0.1, -0.05) is 36.7 Å². The quantitative estimate of drug-likeness (QED) is 0.892. The van der Waals surface area contributed by atoms with Gasteiger partial charge in [0.15, 0.2) is 0 Å². The van der Waals surface area contributed by atoms with Gasteiger partial charge in [0.05, 0.1) is 5.02 Å². The third-order valence-corrected chi connectivity index (χ3v) is 4.41. The summed E-state index contributed by atoms with van der Waals surface area (Å²) in [5.41, 5.74) is 0. The highest BCUT2D eigenvalue weighted by Crippen LogP contribution is 2.34. The van der Waals surface area contributed by atoms with E-state index >= 15 is 0 Å². The van der Waals surface area contributed by atoms with Crippen molar-refractivity contribution in [1.82, 2.24) is 5.32 Å². The fourth-order valence-electron chi connectivity index (χ4n) is 1.55. The number of carbonyl (C=O) groups is 1. The molecule has 4 heteroatoms. The lowest BCUT2D eigenvalue weighted by Crippen LogP contribution is -2.31. The highest BCUT2D eigenvalue weighted by atomic mass is 35.5. The summed E-state index contributed by atoms with van der Waals surface area (Å²) in [6.07, 6.45) is 0.911. The minimum Gasteiger partial charge on any atom is -0.349 e. The van der Waals surface area contributed by atoms with Crippen molar-refractivity contribution in [3.8, 4) is 0 Å². The summed E-state index contributed by atoms with van der Waals surface area (Å²) in [5.74, 6) is -0.0782. The molecule has 1 heterocycles. The Labute approximate surface area is 110 Å². The van der Waals surface area contributed by atoms with Crippen LogP contribution in [-0.2, 0) is 0 Å². The highest BCUT2D eigenvalue weighted by molar-refractivity contribution is 7.21. The van der Waals surface area contributed by atoms with E-state index in [9.17, 15) is 4.79 Å². The Morgan fingerprint density at radius 3 is 2.82 bits per heavy atom. The van der Waals surface area contributed by atoms with E-state index in [1.54, 1.807) is 0 Å².